The number of aliphatic hydroxyl groups excluding tert-OH is 1. The number of halogens is 3. The average molecular weight is 326 g/mol. The number of rotatable bonds is 5. The largest absolute Gasteiger partial charge is 0.386 e. The predicted molar refractivity (Wildman–Crippen MR) is 69.8 cm³/mol. The van der Waals surface area contributed by atoms with Gasteiger partial charge in [0.05, 0.1) is 11.1 Å². The van der Waals surface area contributed by atoms with E-state index in [0.717, 1.165) is 6.42 Å². The van der Waals surface area contributed by atoms with Gasteiger partial charge in [-0.1, -0.05) is 31.0 Å². The van der Waals surface area contributed by atoms with Crippen LogP contribution in [0, 0.1) is 5.82 Å². The van der Waals surface area contributed by atoms with E-state index in [-0.39, 0.29) is 10.6 Å². The Labute approximate surface area is 114 Å². The molecule has 96 valence electrons. The maximum absolute atomic E-state index is 13.9. The normalized spacial score (nSPS) is 14.7. The lowest BCUT2D eigenvalue weighted by Crippen LogP contribution is -2.21. The van der Waals surface area contributed by atoms with Gasteiger partial charge in [-0.3, -0.25) is 0 Å². The second-order valence-electron chi connectivity index (χ2n) is 3.77. The number of methoxy groups -OCH3 is 1. The summed E-state index contributed by atoms with van der Waals surface area (Å²) in [7, 11) is 1.50. The Kier molecular flexibility index (Phi) is 5.86. The quantitative estimate of drug-likeness (QED) is 0.826. The fourth-order valence-corrected chi connectivity index (χ4v) is 2.14. The van der Waals surface area contributed by atoms with E-state index in [0.29, 0.717) is 10.9 Å². The van der Waals surface area contributed by atoms with Crippen LogP contribution in [0.4, 0.5) is 4.39 Å². The summed E-state index contributed by atoms with van der Waals surface area (Å²) in [4.78, 5) is 0. The van der Waals surface area contributed by atoms with E-state index in [9.17, 15) is 9.50 Å². The van der Waals surface area contributed by atoms with E-state index in [1.54, 1.807) is 6.07 Å². The molecule has 0 aromatic heterocycles. The highest BCUT2D eigenvalue weighted by Gasteiger charge is 2.24. The van der Waals surface area contributed by atoms with Gasteiger partial charge in [0.2, 0.25) is 0 Å². The zero-order valence-corrected chi connectivity index (χ0v) is 12.1. The number of hydrogen-bond acceptors (Lipinski definition) is 2. The molecule has 2 nitrogen and oxygen atoms in total. The molecule has 0 aliphatic heterocycles. The minimum Gasteiger partial charge on any atom is -0.386 e. The molecule has 0 fully saturated rings. The first-order valence-electron chi connectivity index (χ1n) is 5.37. The van der Waals surface area contributed by atoms with Gasteiger partial charge >= 0.3 is 0 Å². The molecule has 2 unspecified atom stereocenters. The maximum Gasteiger partial charge on any atom is 0.148 e. The van der Waals surface area contributed by atoms with Crippen LogP contribution in [0.3, 0.4) is 0 Å². The average Bonchev–Trinajstić information content (AvgIpc) is 2.32. The molecule has 0 bridgehead atoms. The second kappa shape index (κ2) is 6.69. The minimum absolute atomic E-state index is 0.0205. The standard InChI is InChI=1S/C12H15BrClFO2/c1-3-4-9(17-2)12(16)7-5-6-8(13)10(14)11(7)15/h5-6,9,12,16H,3-4H2,1-2H3. The van der Waals surface area contributed by atoms with E-state index in [4.69, 9.17) is 16.3 Å². The van der Waals surface area contributed by atoms with Crippen molar-refractivity contribution in [1.82, 2.24) is 0 Å². The van der Waals surface area contributed by atoms with E-state index >= 15 is 0 Å². The highest BCUT2D eigenvalue weighted by atomic mass is 79.9. The molecule has 1 aromatic rings. The SMILES string of the molecule is CCCC(OC)C(O)c1ccc(Br)c(Cl)c1F. The lowest BCUT2D eigenvalue weighted by atomic mass is 10.0. The third-order valence-corrected chi connectivity index (χ3v) is 3.87. The highest BCUT2D eigenvalue weighted by Crippen LogP contribution is 2.32. The fourth-order valence-electron chi connectivity index (χ4n) is 1.66. The molecular formula is C12H15BrClFO2. The number of aliphatic hydroxyl groups is 1. The molecule has 5 heteroatoms. The predicted octanol–water partition coefficient (Wildman–Crippen LogP) is 4.09. The van der Waals surface area contributed by atoms with Crippen LogP contribution in [-0.4, -0.2) is 18.3 Å². The zero-order valence-electron chi connectivity index (χ0n) is 9.71. The van der Waals surface area contributed by atoms with E-state index in [1.807, 2.05) is 6.92 Å². The van der Waals surface area contributed by atoms with Crippen LogP contribution in [-0.2, 0) is 4.74 Å². The molecule has 1 N–H and O–H groups in total. The van der Waals surface area contributed by atoms with E-state index < -0.39 is 18.0 Å². The molecular weight excluding hydrogens is 310 g/mol. The Balaban J connectivity index is 3.03. The Morgan fingerprint density at radius 1 is 1.53 bits per heavy atom. The molecule has 17 heavy (non-hydrogen) atoms. The summed E-state index contributed by atoms with van der Waals surface area (Å²) in [6.45, 7) is 1.98. The summed E-state index contributed by atoms with van der Waals surface area (Å²) >= 11 is 8.91. The third-order valence-electron chi connectivity index (χ3n) is 2.61. The molecule has 0 radical (unpaired) electrons. The lowest BCUT2D eigenvalue weighted by molar-refractivity contribution is -0.0195. The van der Waals surface area contributed by atoms with Crippen LogP contribution < -0.4 is 0 Å². The van der Waals surface area contributed by atoms with Gasteiger partial charge in [0.25, 0.3) is 0 Å². The molecule has 0 amide bonds. The van der Waals surface area contributed by atoms with Crippen LogP contribution in [0.25, 0.3) is 0 Å². The first-order chi connectivity index (χ1) is 8.02. The topological polar surface area (TPSA) is 29.5 Å². The number of ether oxygens (including phenoxy) is 1. The Hall–Kier alpha value is -0.160. The van der Waals surface area contributed by atoms with Crippen LogP contribution in [0.5, 0.6) is 0 Å². The smallest absolute Gasteiger partial charge is 0.148 e. The van der Waals surface area contributed by atoms with Gasteiger partial charge in [-0.15, -0.1) is 0 Å². The van der Waals surface area contributed by atoms with Crippen molar-refractivity contribution >= 4 is 27.5 Å². The summed E-state index contributed by atoms with van der Waals surface area (Å²) in [5.74, 6) is -0.605. The lowest BCUT2D eigenvalue weighted by Gasteiger charge is -2.22. The van der Waals surface area contributed by atoms with E-state index in [1.165, 1.54) is 13.2 Å². The van der Waals surface area contributed by atoms with Crippen molar-refractivity contribution in [1.29, 1.82) is 0 Å². The van der Waals surface area contributed by atoms with Crippen molar-refractivity contribution in [3.05, 3.63) is 33.0 Å². The molecule has 2 atom stereocenters. The molecule has 0 saturated carbocycles. The highest BCUT2D eigenvalue weighted by molar-refractivity contribution is 9.10. The number of benzene rings is 1. The summed E-state index contributed by atoms with van der Waals surface area (Å²) in [5, 5.41) is 10.0. The summed E-state index contributed by atoms with van der Waals surface area (Å²) in [5.41, 5.74) is 0.165. The van der Waals surface area contributed by atoms with Crippen LogP contribution in [0.15, 0.2) is 16.6 Å². The van der Waals surface area contributed by atoms with E-state index in [2.05, 4.69) is 15.9 Å². The van der Waals surface area contributed by atoms with Crippen molar-refractivity contribution in [2.75, 3.05) is 7.11 Å². The first kappa shape index (κ1) is 14.9. The molecule has 0 aliphatic carbocycles. The molecule has 1 aromatic carbocycles. The van der Waals surface area contributed by atoms with Crippen molar-refractivity contribution in [3.8, 4) is 0 Å². The molecule has 0 heterocycles. The van der Waals surface area contributed by atoms with Crippen LogP contribution in [0.2, 0.25) is 5.02 Å². The Bertz CT molecular complexity index is 387. The van der Waals surface area contributed by atoms with Gasteiger partial charge in [-0.25, -0.2) is 4.39 Å². The third kappa shape index (κ3) is 3.41. The van der Waals surface area contributed by atoms with Gasteiger partial charge in [0.1, 0.15) is 11.9 Å². The zero-order chi connectivity index (χ0) is 13.0. The molecule has 0 aliphatic rings. The Morgan fingerprint density at radius 3 is 2.71 bits per heavy atom. The van der Waals surface area contributed by atoms with Crippen LogP contribution >= 0.6 is 27.5 Å². The summed E-state index contributed by atoms with van der Waals surface area (Å²) in [6, 6.07) is 3.13. The first-order valence-corrected chi connectivity index (χ1v) is 6.54. The molecule has 0 saturated heterocycles. The monoisotopic (exact) mass is 324 g/mol. The van der Waals surface area contributed by atoms with Crippen molar-refractivity contribution in [2.24, 2.45) is 0 Å². The van der Waals surface area contributed by atoms with Gasteiger partial charge in [-0.05, 0) is 28.4 Å². The van der Waals surface area contributed by atoms with Crippen molar-refractivity contribution < 1.29 is 14.2 Å². The fraction of sp³-hybridized carbons (Fsp3) is 0.500. The Morgan fingerprint density at radius 2 is 2.18 bits per heavy atom. The van der Waals surface area contributed by atoms with Crippen molar-refractivity contribution in [2.45, 2.75) is 32.0 Å². The van der Waals surface area contributed by atoms with Crippen molar-refractivity contribution in [3.63, 3.8) is 0 Å². The van der Waals surface area contributed by atoms with Crippen LogP contribution in [0.1, 0.15) is 31.4 Å². The van der Waals surface area contributed by atoms with Gasteiger partial charge in [0, 0.05) is 17.1 Å². The second-order valence-corrected chi connectivity index (χ2v) is 5.00. The van der Waals surface area contributed by atoms with Gasteiger partial charge in [-0.2, -0.15) is 0 Å². The van der Waals surface area contributed by atoms with Gasteiger partial charge in [0.15, 0.2) is 0 Å². The maximum atomic E-state index is 13.9. The molecule has 0 spiro atoms. The minimum atomic E-state index is -1.01. The number of hydrogen-bond donors (Lipinski definition) is 1. The molecule has 1 rings (SSSR count). The van der Waals surface area contributed by atoms with Gasteiger partial charge < -0.3 is 9.84 Å². The summed E-state index contributed by atoms with van der Waals surface area (Å²) < 4.78 is 19.5. The summed E-state index contributed by atoms with van der Waals surface area (Å²) in [6.07, 6.45) is 0.0731.